The first-order valence-electron chi connectivity index (χ1n) is 9.01. The summed E-state index contributed by atoms with van der Waals surface area (Å²) in [5, 5.41) is 26.1. The number of nitrogens with zero attached hydrogens (tertiary/aromatic N) is 4. The average molecular weight is 411 g/mol. The van der Waals surface area contributed by atoms with E-state index in [0.29, 0.717) is 6.42 Å². The molecule has 29 heavy (non-hydrogen) atoms. The molecule has 8 nitrogen and oxygen atoms in total. The minimum absolute atomic E-state index is 0.0479. The van der Waals surface area contributed by atoms with Crippen LogP contribution in [-0.2, 0) is 17.1 Å². The number of aryl methyl sites for hydroxylation is 2. The van der Waals surface area contributed by atoms with Crippen molar-refractivity contribution in [2.45, 2.75) is 24.3 Å². The lowest BCUT2D eigenvalue weighted by Crippen LogP contribution is -2.19. The van der Waals surface area contributed by atoms with Gasteiger partial charge in [-0.05, 0) is 43.3 Å². The number of hydrogen-bond donors (Lipinski definition) is 2. The maximum atomic E-state index is 11.6. The monoisotopic (exact) mass is 411 g/mol. The van der Waals surface area contributed by atoms with E-state index in [1.165, 1.54) is 12.1 Å². The first kappa shape index (κ1) is 19.2. The van der Waals surface area contributed by atoms with Crippen molar-refractivity contribution in [3.05, 3.63) is 71.5 Å². The second kappa shape index (κ2) is 7.02. The minimum atomic E-state index is -3.77. The zero-order valence-corrected chi connectivity index (χ0v) is 16.8. The van der Waals surface area contributed by atoms with Crippen LogP contribution in [0.1, 0.15) is 29.3 Å². The third kappa shape index (κ3) is 3.74. The van der Waals surface area contributed by atoms with E-state index < -0.39 is 10.0 Å². The fourth-order valence-corrected chi connectivity index (χ4v) is 4.10. The molecule has 9 heteroatoms. The quantitative estimate of drug-likeness (QED) is 0.684. The average Bonchev–Trinajstić information content (AvgIpc) is 3.24. The topological polar surface area (TPSA) is 114 Å². The molecule has 1 atom stereocenters. The van der Waals surface area contributed by atoms with Gasteiger partial charge in [0.15, 0.2) is 0 Å². The molecule has 150 valence electrons. The second-order valence-electron chi connectivity index (χ2n) is 7.04. The van der Waals surface area contributed by atoms with E-state index in [4.69, 9.17) is 10.2 Å². The maximum Gasteiger partial charge on any atom is 0.238 e. The molecule has 0 saturated heterocycles. The summed E-state index contributed by atoms with van der Waals surface area (Å²) in [4.78, 5) is 0.0479. The Labute approximate surface area is 168 Å². The van der Waals surface area contributed by atoms with Gasteiger partial charge >= 0.3 is 0 Å². The summed E-state index contributed by atoms with van der Waals surface area (Å²) in [5.74, 6) is 0.176. The van der Waals surface area contributed by atoms with Gasteiger partial charge in [0.1, 0.15) is 5.75 Å². The molecule has 0 amide bonds. The van der Waals surface area contributed by atoms with Crippen molar-refractivity contribution in [3.63, 3.8) is 0 Å². The molecule has 2 heterocycles. The summed E-state index contributed by atoms with van der Waals surface area (Å²) >= 11 is 0. The number of hydrogen-bond acceptors (Lipinski definition) is 6. The Kier molecular flexibility index (Phi) is 4.64. The Morgan fingerprint density at radius 3 is 2.48 bits per heavy atom. The van der Waals surface area contributed by atoms with Gasteiger partial charge < -0.3 is 5.11 Å². The Morgan fingerprint density at radius 1 is 1.17 bits per heavy atom. The molecule has 3 N–H and O–H groups in total. The molecule has 1 unspecified atom stereocenters. The van der Waals surface area contributed by atoms with Gasteiger partial charge in [0.2, 0.25) is 10.0 Å². The predicted octanol–water partition coefficient (Wildman–Crippen LogP) is 2.44. The lowest BCUT2D eigenvalue weighted by atomic mass is 9.98. The van der Waals surface area contributed by atoms with Gasteiger partial charge in [-0.3, -0.25) is 9.69 Å². The molecule has 1 aliphatic rings. The summed E-state index contributed by atoms with van der Waals surface area (Å²) in [6, 6.07) is 13.2. The Morgan fingerprint density at radius 2 is 1.90 bits per heavy atom. The molecule has 0 aliphatic carbocycles. The normalized spacial score (nSPS) is 16.9. The van der Waals surface area contributed by atoms with Crippen molar-refractivity contribution in [1.29, 1.82) is 0 Å². The first-order chi connectivity index (χ1) is 13.7. The zero-order chi connectivity index (χ0) is 20.8. The van der Waals surface area contributed by atoms with E-state index in [9.17, 15) is 13.5 Å². The van der Waals surface area contributed by atoms with Crippen molar-refractivity contribution in [1.82, 2.24) is 9.78 Å². The third-order valence-electron chi connectivity index (χ3n) is 4.93. The molecular weight excluding hydrogens is 390 g/mol. The summed E-state index contributed by atoms with van der Waals surface area (Å²) in [5.41, 5.74) is 4.32. The van der Waals surface area contributed by atoms with Gasteiger partial charge in [0.05, 0.1) is 28.0 Å². The number of phenolic OH excluding ortho intramolecular Hbond substituents is 1. The van der Waals surface area contributed by atoms with Crippen molar-refractivity contribution >= 4 is 21.4 Å². The number of anilines is 1. The van der Waals surface area contributed by atoms with Crippen molar-refractivity contribution in [2.24, 2.45) is 17.3 Å². The van der Waals surface area contributed by atoms with Crippen LogP contribution in [0.3, 0.4) is 0 Å². The van der Waals surface area contributed by atoms with Gasteiger partial charge in [0, 0.05) is 30.8 Å². The standard InChI is InChI=1S/C20H21N5O3S/c1-13-18(12-24(2)22-13)20-11-19(14-4-3-5-16(26)10-14)23-25(20)15-6-8-17(9-7-15)29(21,27)28/h3-10,12,20,26H,11H2,1-2H3,(H2,21,27,28). The van der Waals surface area contributed by atoms with Crippen molar-refractivity contribution < 1.29 is 13.5 Å². The highest BCUT2D eigenvalue weighted by molar-refractivity contribution is 7.89. The largest absolute Gasteiger partial charge is 0.508 e. The van der Waals surface area contributed by atoms with Crippen LogP contribution in [0.15, 0.2) is 64.7 Å². The Hall–Kier alpha value is -3.17. The summed E-state index contributed by atoms with van der Waals surface area (Å²) in [7, 11) is -1.90. The van der Waals surface area contributed by atoms with Crippen LogP contribution in [0.5, 0.6) is 5.75 Å². The Bertz CT molecular complexity index is 1200. The van der Waals surface area contributed by atoms with Crippen LogP contribution in [0.2, 0.25) is 0 Å². The number of hydrazone groups is 1. The van der Waals surface area contributed by atoms with Crippen molar-refractivity contribution in [2.75, 3.05) is 5.01 Å². The molecule has 0 fully saturated rings. The molecule has 0 bridgehead atoms. The molecule has 1 aliphatic heterocycles. The van der Waals surface area contributed by atoms with Gasteiger partial charge in [-0.2, -0.15) is 10.2 Å². The van der Waals surface area contributed by atoms with Crippen LogP contribution < -0.4 is 10.1 Å². The SMILES string of the molecule is Cc1nn(C)cc1C1CC(c2cccc(O)c2)=NN1c1ccc(S(N)(=O)=O)cc1. The van der Waals surface area contributed by atoms with E-state index >= 15 is 0 Å². The summed E-state index contributed by atoms with van der Waals surface area (Å²) in [6.45, 7) is 1.95. The van der Waals surface area contributed by atoms with Crippen LogP contribution in [0.25, 0.3) is 0 Å². The molecule has 0 radical (unpaired) electrons. The summed E-state index contributed by atoms with van der Waals surface area (Å²) in [6.07, 6.45) is 2.58. The molecule has 1 aromatic heterocycles. The second-order valence-corrected chi connectivity index (χ2v) is 8.61. The molecule has 3 aromatic rings. The minimum Gasteiger partial charge on any atom is -0.508 e. The van der Waals surface area contributed by atoms with Gasteiger partial charge in [0.25, 0.3) is 0 Å². The molecule has 2 aromatic carbocycles. The number of benzene rings is 2. The lowest BCUT2D eigenvalue weighted by molar-refractivity contribution is 0.475. The number of aromatic nitrogens is 2. The van der Waals surface area contributed by atoms with E-state index in [1.807, 2.05) is 31.2 Å². The fraction of sp³-hybridized carbons (Fsp3) is 0.200. The number of aromatic hydroxyl groups is 1. The van der Waals surface area contributed by atoms with E-state index in [1.54, 1.807) is 35.0 Å². The van der Waals surface area contributed by atoms with Crippen molar-refractivity contribution in [3.8, 4) is 5.75 Å². The fourth-order valence-electron chi connectivity index (χ4n) is 3.58. The van der Waals surface area contributed by atoms with E-state index in [-0.39, 0.29) is 16.7 Å². The maximum absolute atomic E-state index is 11.6. The predicted molar refractivity (Wildman–Crippen MR) is 110 cm³/mol. The molecular formula is C20H21N5O3S. The van der Waals surface area contributed by atoms with Gasteiger partial charge in [-0.1, -0.05) is 12.1 Å². The molecule has 0 saturated carbocycles. The summed E-state index contributed by atoms with van der Waals surface area (Å²) < 4.78 is 24.9. The number of sulfonamides is 1. The van der Waals surface area contributed by atoms with Gasteiger partial charge in [-0.15, -0.1) is 0 Å². The highest BCUT2D eigenvalue weighted by Gasteiger charge is 2.32. The van der Waals surface area contributed by atoms with E-state index in [2.05, 4.69) is 5.10 Å². The molecule has 4 rings (SSSR count). The number of nitrogens with two attached hydrogens (primary N) is 1. The van der Waals surface area contributed by atoms with E-state index in [0.717, 1.165) is 28.2 Å². The van der Waals surface area contributed by atoms with Crippen LogP contribution in [-0.4, -0.2) is 29.0 Å². The smallest absolute Gasteiger partial charge is 0.238 e. The Balaban J connectivity index is 1.78. The lowest BCUT2D eigenvalue weighted by Gasteiger charge is -2.23. The van der Waals surface area contributed by atoms with Crippen LogP contribution in [0, 0.1) is 6.92 Å². The van der Waals surface area contributed by atoms with Crippen LogP contribution >= 0.6 is 0 Å². The first-order valence-corrected chi connectivity index (χ1v) is 10.6. The highest BCUT2D eigenvalue weighted by atomic mass is 32.2. The highest BCUT2D eigenvalue weighted by Crippen LogP contribution is 2.38. The number of primary sulfonamides is 1. The number of rotatable bonds is 4. The number of phenols is 1. The third-order valence-corrected chi connectivity index (χ3v) is 5.86. The molecule has 0 spiro atoms. The van der Waals surface area contributed by atoms with Gasteiger partial charge in [-0.25, -0.2) is 13.6 Å². The zero-order valence-electron chi connectivity index (χ0n) is 16.0. The van der Waals surface area contributed by atoms with Crippen LogP contribution in [0.4, 0.5) is 5.69 Å².